The van der Waals surface area contributed by atoms with Gasteiger partial charge in [-0.3, -0.25) is 14.6 Å². The number of piperazine rings is 1. The van der Waals surface area contributed by atoms with Gasteiger partial charge >= 0.3 is 0 Å². The molecule has 0 aliphatic carbocycles. The molecule has 6 heteroatoms. The van der Waals surface area contributed by atoms with Crippen LogP contribution in [0.3, 0.4) is 0 Å². The smallest absolute Gasteiger partial charge is 0.222 e. The summed E-state index contributed by atoms with van der Waals surface area (Å²) >= 11 is 0. The molecule has 3 aliphatic heterocycles. The molecule has 0 N–H and O–H groups in total. The van der Waals surface area contributed by atoms with Gasteiger partial charge in [-0.15, -0.1) is 0 Å². The molecule has 1 atom stereocenters. The third kappa shape index (κ3) is 3.40. The van der Waals surface area contributed by atoms with Gasteiger partial charge in [0.25, 0.3) is 0 Å². The maximum absolute atomic E-state index is 12.1. The van der Waals surface area contributed by atoms with Crippen molar-refractivity contribution in [2.45, 2.75) is 31.3 Å². The number of nitrogens with zero attached hydrogens (tertiary/aromatic N) is 3. The average molecular weight is 359 g/mol. The number of ether oxygens (including phenoxy) is 2. The molecule has 3 heterocycles. The Balaban J connectivity index is 1.47. The Kier molecular flexibility index (Phi) is 4.80. The van der Waals surface area contributed by atoms with Crippen LogP contribution in [0.4, 0.5) is 0 Å². The fourth-order valence-electron chi connectivity index (χ4n) is 4.42. The molecule has 142 valence electrons. The molecule has 2 fully saturated rings. The molecule has 2 saturated heterocycles. The molecule has 1 spiro atoms. The van der Waals surface area contributed by atoms with E-state index in [2.05, 4.69) is 29.0 Å². The first-order valence-electron chi connectivity index (χ1n) is 9.62. The number of hydrogen-bond donors (Lipinski definition) is 0. The van der Waals surface area contributed by atoms with Crippen LogP contribution in [0.5, 0.6) is 11.5 Å². The summed E-state index contributed by atoms with van der Waals surface area (Å²) < 4.78 is 11.4. The van der Waals surface area contributed by atoms with Crippen LogP contribution in [0, 0.1) is 0 Å². The number of benzene rings is 1. The second-order valence-corrected chi connectivity index (χ2v) is 7.90. The van der Waals surface area contributed by atoms with Crippen molar-refractivity contribution in [3.63, 3.8) is 0 Å². The lowest BCUT2D eigenvalue weighted by molar-refractivity contribution is -0.129. The molecule has 3 aliphatic rings. The van der Waals surface area contributed by atoms with Crippen molar-refractivity contribution in [2.24, 2.45) is 0 Å². The number of likely N-dealkylation sites (N-methyl/N-ethyl adjacent to an activating group) is 1. The van der Waals surface area contributed by atoms with Crippen molar-refractivity contribution in [1.82, 2.24) is 14.7 Å². The zero-order valence-corrected chi connectivity index (χ0v) is 15.9. The lowest BCUT2D eigenvalue weighted by Crippen LogP contribution is -2.60. The van der Waals surface area contributed by atoms with Crippen molar-refractivity contribution in [2.75, 3.05) is 53.5 Å². The summed E-state index contributed by atoms with van der Waals surface area (Å²) in [5, 5.41) is 0. The van der Waals surface area contributed by atoms with Crippen molar-refractivity contribution in [3.05, 3.63) is 23.8 Å². The summed E-state index contributed by atoms with van der Waals surface area (Å²) in [6.45, 7) is 6.12. The number of carbonyl (C=O) groups is 1. The number of amides is 1. The highest BCUT2D eigenvalue weighted by molar-refractivity contribution is 5.76. The normalized spacial score (nSPS) is 27.6. The zero-order valence-electron chi connectivity index (χ0n) is 15.9. The highest BCUT2D eigenvalue weighted by atomic mass is 16.6. The Hall–Kier alpha value is -1.79. The number of carbonyl (C=O) groups excluding carboxylic acids is 1. The lowest BCUT2D eigenvalue weighted by atomic mass is 9.86. The van der Waals surface area contributed by atoms with Gasteiger partial charge in [0.1, 0.15) is 13.2 Å². The van der Waals surface area contributed by atoms with Gasteiger partial charge in [0.2, 0.25) is 5.91 Å². The van der Waals surface area contributed by atoms with Gasteiger partial charge in [0.15, 0.2) is 11.5 Å². The third-order valence-corrected chi connectivity index (χ3v) is 6.23. The molecule has 1 amide bonds. The maximum Gasteiger partial charge on any atom is 0.222 e. The van der Waals surface area contributed by atoms with Crippen molar-refractivity contribution < 1.29 is 14.3 Å². The van der Waals surface area contributed by atoms with Crippen LogP contribution < -0.4 is 9.47 Å². The van der Waals surface area contributed by atoms with Crippen LogP contribution in [0.1, 0.15) is 24.8 Å². The average Bonchev–Trinajstić information content (AvgIpc) is 2.79. The Labute approximate surface area is 155 Å². The highest BCUT2D eigenvalue weighted by Crippen LogP contribution is 2.34. The van der Waals surface area contributed by atoms with E-state index >= 15 is 0 Å². The molecule has 0 bridgehead atoms. The summed E-state index contributed by atoms with van der Waals surface area (Å²) in [4.78, 5) is 19.0. The predicted molar refractivity (Wildman–Crippen MR) is 99.6 cm³/mol. The van der Waals surface area contributed by atoms with Gasteiger partial charge in [-0.2, -0.15) is 0 Å². The molecule has 0 saturated carbocycles. The van der Waals surface area contributed by atoms with Crippen LogP contribution in [0.25, 0.3) is 0 Å². The van der Waals surface area contributed by atoms with Crippen LogP contribution in [0.15, 0.2) is 18.2 Å². The summed E-state index contributed by atoms with van der Waals surface area (Å²) in [6, 6.07) is 6.28. The molecular weight excluding hydrogens is 330 g/mol. The van der Waals surface area contributed by atoms with Crippen LogP contribution >= 0.6 is 0 Å². The van der Waals surface area contributed by atoms with Gasteiger partial charge in [0.05, 0.1) is 0 Å². The van der Waals surface area contributed by atoms with Crippen LogP contribution in [0.2, 0.25) is 0 Å². The Morgan fingerprint density at radius 3 is 2.69 bits per heavy atom. The highest BCUT2D eigenvalue weighted by Gasteiger charge is 2.41. The SMILES string of the molecule is CN1CC[C@]2(CCC1=O)CN(Cc1ccc3c(c1)OCCO3)CCN2C. The van der Waals surface area contributed by atoms with Crippen molar-refractivity contribution in [3.8, 4) is 11.5 Å². The first-order valence-corrected chi connectivity index (χ1v) is 9.62. The van der Waals surface area contributed by atoms with Crippen LogP contribution in [-0.2, 0) is 11.3 Å². The molecule has 0 unspecified atom stereocenters. The molecular formula is C20H29N3O3. The Bertz CT molecular complexity index is 680. The first-order chi connectivity index (χ1) is 12.6. The zero-order chi connectivity index (χ0) is 18.1. The van der Waals surface area contributed by atoms with Gasteiger partial charge in [-0.05, 0) is 37.6 Å². The predicted octanol–water partition coefficient (Wildman–Crippen LogP) is 1.59. The van der Waals surface area contributed by atoms with Gasteiger partial charge in [0, 0.05) is 51.7 Å². The van der Waals surface area contributed by atoms with E-state index in [0.29, 0.717) is 19.6 Å². The van der Waals surface area contributed by atoms with E-state index < -0.39 is 0 Å². The van der Waals surface area contributed by atoms with Crippen molar-refractivity contribution in [1.29, 1.82) is 0 Å². The lowest BCUT2D eigenvalue weighted by Gasteiger charge is -2.49. The van der Waals surface area contributed by atoms with E-state index in [9.17, 15) is 4.79 Å². The Morgan fingerprint density at radius 1 is 1.04 bits per heavy atom. The van der Waals surface area contributed by atoms with Crippen LogP contribution in [-0.4, -0.2) is 79.6 Å². The second-order valence-electron chi connectivity index (χ2n) is 7.90. The molecule has 0 aromatic heterocycles. The number of fused-ring (bicyclic) bond motifs is 1. The summed E-state index contributed by atoms with van der Waals surface area (Å²) in [5.41, 5.74) is 1.36. The maximum atomic E-state index is 12.1. The fourth-order valence-corrected chi connectivity index (χ4v) is 4.42. The number of likely N-dealkylation sites (tertiary alicyclic amines) is 1. The summed E-state index contributed by atoms with van der Waals surface area (Å²) in [6.07, 6.45) is 2.65. The van der Waals surface area contributed by atoms with E-state index in [0.717, 1.165) is 57.1 Å². The van der Waals surface area contributed by atoms with E-state index in [4.69, 9.17) is 9.47 Å². The standard InChI is InChI=1S/C20H29N3O3/c1-21-8-7-20(6-5-19(21)24)15-23(10-9-22(20)2)14-16-3-4-17-18(13-16)26-12-11-25-17/h3-4,13H,5-12,14-15H2,1-2H3/t20-/m1/s1. The van der Waals surface area contributed by atoms with E-state index in [1.54, 1.807) is 0 Å². The third-order valence-electron chi connectivity index (χ3n) is 6.23. The molecule has 4 rings (SSSR count). The largest absolute Gasteiger partial charge is 0.486 e. The molecule has 1 aromatic carbocycles. The minimum atomic E-state index is 0.104. The molecule has 6 nitrogen and oxygen atoms in total. The quantitative estimate of drug-likeness (QED) is 0.802. The van der Waals surface area contributed by atoms with E-state index in [1.165, 1.54) is 5.56 Å². The topological polar surface area (TPSA) is 45.3 Å². The Morgan fingerprint density at radius 2 is 1.85 bits per heavy atom. The minimum Gasteiger partial charge on any atom is -0.486 e. The van der Waals surface area contributed by atoms with Gasteiger partial charge in [-0.25, -0.2) is 0 Å². The van der Waals surface area contributed by atoms with Gasteiger partial charge < -0.3 is 14.4 Å². The van der Waals surface area contributed by atoms with E-state index in [1.807, 2.05) is 18.0 Å². The monoisotopic (exact) mass is 359 g/mol. The second kappa shape index (κ2) is 7.08. The summed E-state index contributed by atoms with van der Waals surface area (Å²) in [5.74, 6) is 1.98. The van der Waals surface area contributed by atoms with Crippen molar-refractivity contribution >= 4 is 5.91 Å². The van der Waals surface area contributed by atoms with Gasteiger partial charge in [-0.1, -0.05) is 6.07 Å². The van der Waals surface area contributed by atoms with E-state index in [-0.39, 0.29) is 11.4 Å². The fraction of sp³-hybridized carbons (Fsp3) is 0.650. The molecule has 26 heavy (non-hydrogen) atoms. The number of hydrogen-bond acceptors (Lipinski definition) is 5. The molecule has 1 aromatic rings. The number of rotatable bonds is 2. The minimum absolute atomic E-state index is 0.104. The summed E-state index contributed by atoms with van der Waals surface area (Å²) in [7, 11) is 4.15. The molecule has 0 radical (unpaired) electrons. The first kappa shape index (κ1) is 17.6.